The van der Waals surface area contributed by atoms with Crippen LogP contribution in [0.2, 0.25) is 0 Å². The van der Waals surface area contributed by atoms with Crippen molar-refractivity contribution in [1.82, 2.24) is 14.8 Å². The molecule has 128 valence electrons. The highest BCUT2D eigenvalue weighted by atomic mass is 127. The molecule has 0 atom stereocenters. The predicted octanol–water partition coefficient (Wildman–Crippen LogP) is 2.86. The molecule has 0 aliphatic rings. The van der Waals surface area contributed by atoms with E-state index >= 15 is 0 Å². The number of guanidine groups is 1. The summed E-state index contributed by atoms with van der Waals surface area (Å²) in [6.45, 7) is 5.56. The van der Waals surface area contributed by atoms with Crippen LogP contribution in [0.3, 0.4) is 0 Å². The number of unbranched alkanes of at least 4 members (excludes halogenated alkanes) is 2. The molecule has 1 aromatic heterocycles. The molecule has 0 fully saturated rings. The van der Waals surface area contributed by atoms with Crippen LogP contribution in [0.5, 0.6) is 0 Å². The molecular weight excluding hydrogens is 391 g/mol. The molecule has 0 aliphatic carbocycles. The smallest absolute Gasteiger partial charge is 0.194 e. The number of aliphatic imine (C=N–C) groups is 1. The van der Waals surface area contributed by atoms with Crippen LogP contribution in [0.4, 0.5) is 0 Å². The highest BCUT2D eigenvalue weighted by Crippen LogP contribution is 2.04. The first-order chi connectivity index (χ1) is 10.2. The quantitative estimate of drug-likeness (QED) is 0.288. The number of rotatable bonds is 9. The number of hydrogen-bond donors (Lipinski definition) is 1. The molecule has 6 heteroatoms. The molecule has 1 rings (SSSR count). The molecule has 0 aromatic carbocycles. The number of aromatic nitrogens is 1. The first kappa shape index (κ1) is 21.2. The van der Waals surface area contributed by atoms with Gasteiger partial charge < -0.3 is 19.5 Å². The van der Waals surface area contributed by atoms with Gasteiger partial charge in [0.2, 0.25) is 0 Å². The lowest BCUT2D eigenvalue weighted by Gasteiger charge is -2.22. The first-order valence-electron chi connectivity index (χ1n) is 7.77. The second-order valence-corrected chi connectivity index (χ2v) is 5.26. The molecule has 0 saturated carbocycles. The lowest BCUT2D eigenvalue weighted by molar-refractivity contribution is 0.192. The number of halogens is 1. The number of ether oxygens (including phenoxy) is 1. The Bertz CT molecular complexity index is 420. The fraction of sp³-hybridized carbons (Fsp3) is 0.688. The van der Waals surface area contributed by atoms with Crippen LogP contribution in [0.1, 0.15) is 31.9 Å². The van der Waals surface area contributed by atoms with Crippen molar-refractivity contribution in [1.29, 1.82) is 0 Å². The Morgan fingerprint density at radius 1 is 1.36 bits per heavy atom. The molecule has 0 spiro atoms. The van der Waals surface area contributed by atoms with Crippen LogP contribution in [0, 0.1) is 0 Å². The first-order valence-corrected chi connectivity index (χ1v) is 7.77. The Hall–Kier alpha value is -0.760. The van der Waals surface area contributed by atoms with Gasteiger partial charge in [-0.15, -0.1) is 24.0 Å². The molecule has 1 N–H and O–H groups in total. The highest BCUT2D eigenvalue weighted by molar-refractivity contribution is 14.0. The molecule has 22 heavy (non-hydrogen) atoms. The molecule has 1 heterocycles. The Morgan fingerprint density at radius 3 is 2.73 bits per heavy atom. The van der Waals surface area contributed by atoms with E-state index in [0.29, 0.717) is 0 Å². The minimum absolute atomic E-state index is 0. The van der Waals surface area contributed by atoms with Crippen molar-refractivity contribution in [2.75, 3.05) is 33.9 Å². The fourth-order valence-electron chi connectivity index (χ4n) is 2.17. The third-order valence-corrected chi connectivity index (χ3v) is 3.42. The Morgan fingerprint density at radius 2 is 2.14 bits per heavy atom. The third-order valence-electron chi connectivity index (χ3n) is 3.42. The molecule has 1 aromatic rings. The lowest BCUT2D eigenvalue weighted by Crippen LogP contribution is -2.38. The van der Waals surface area contributed by atoms with E-state index in [0.717, 1.165) is 51.5 Å². The summed E-state index contributed by atoms with van der Waals surface area (Å²) >= 11 is 0. The van der Waals surface area contributed by atoms with Crippen LogP contribution in [0.25, 0.3) is 0 Å². The van der Waals surface area contributed by atoms with Crippen LogP contribution in [-0.2, 0) is 18.3 Å². The zero-order chi connectivity index (χ0) is 15.5. The minimum atomic E-state index is 0. The van der Waals surface area contributed by atoms with E-state index in [-0.39, 0.29) is 24.0 Å². The van der Waals surface area contributed by atoms with Crippen molar-refractivity contribution in [3.05, 3.63) is 24.0 Å². The molecule has 0 aliphatic heterocycles. The van der Waals surface area contributed by atoms with E-state index in [4.69, 9.17) is 9.73 Å². The van der Waals surface area contributed by atoms with Crippen molar-refractivity contribution in [3.63, 3.8) is 0 Å². The topological polar surface area (TPSA) is 41.8 Å². The van der Waals surface area contributed by atoms with Crippen molar-refractivity contribution in [2.45, 2.75) is 32.7 Å². The van der Waals surface area contributed by atoms with Gasteiger partial charge in [-0.3, -0.25) is 4.99 Å². The molecule has 0 amide bonds. The van der Waals surface area contributed by atoms with Crippen LogP contribution in [-0.4, -0.2) is 49.3 Å². The van der Waals surface area contributed by atoms with E-state index in [1.165, 1.54) is 5.69 Å². The summed E-state index contributed by atoms with van der Waals surface area (Å²) in [4.78, 5) is 6.88. The summed E-state index contributed by atoms with van der Waals surface area (Å²) in [7, 11) is 5.91. The Kier molecular flexibility index (Phi) is 12.3. The van der Waals surface area contributed by atoms with Crippen molar-refractivity contribution < 1.29 is 4.74 Å². The maximum atomic E-state index is 5.06. The largest absolute Gasteiger partial charge is 0.385 e. The summed E-state index contributed by atoms with van der Waals surface area (Å²) < 4.78 is 7.20. The standard InChI is InChI=1S/C16H30N4O.HI/c1-5-17-16(18-11-7-6-8-13-21-4)20(3)14-15-10-9-12-19(15)2;/h9-10,12H,5-8,11,13-14H2,1-4H3,(H,17,18);1H. The van der Waals surface area contributed by atoms with Gasteiger partial charge in [0.05, 0.1) is 6.54 Å². The van der Waals surface area contributed by atoms with Gasteiger partial charge in [0, 0.05) is 52.8 Å². The van der Waals surface area contributed by atoms with E-state index in [9.17, 15) is 0 Å². The molecule has 0 unspecified atom stereocenters. The second-order valence-electron chi connectivity index (χ2n) is 5.26. The van der Waals surface area contributed by atoms with Crippen molar-refractivity contribution >= 4 is 29.9 Å². The van der Waals surface area contributed by atoms with Crippen molar-refractivity contribution in [2.24, 2.45) is 12.0 Å². The molecule has 5 nitrogen and oxygen atoms in total. The number of nitrogens with zero attached hydrogens (tertiary/aromatic N) is 3. The van der Waals surface area contributed by atoms with E-state index in [1.807, 2.05) is 0 Å². The Labute approximate surface area is 152 Å². The number of methoxy groups -OCH3 is 1. The second kappa shape index (κ2) is 12.8. The number of hydrogen-bond acceptors (Lipinski definition) is 2. The maximum Gasteiger partial charge on any atom is 0.194 e. The summed E-state index contributed by atoms with van der Waals surface area (Å²) in [6.07, 6.45) is 5.46. The van der Waals surface area contributed by atoms with Gasteiger partial charge in [-0.05, 0) is 38.3 Å². The van der Waals surface area contributed by atoms with Crippen molar-refractivity contribution in [3.8, 4) is 0 Å². The van der Waals surface area contributed by atoms with E-state index in [1.54, 1.807) is 7.11 Å². The molecule has 0 saturated heterocycles. The van der Waals surface area contributed by atoms with Gasteiger partial charge >= 0.3 is 0 Å². The summed E-state index contributed by atoms with van der Waals surface area (Å²) in [6, 6.07) is 4.22. The minimum Gasteiger partial charge on any atom is -0.385 e. The fourth-order valence-corrected chi connectivity index (χ4v) is 2.17. The predicted molar refractivity (Wildman–Crippen MR) is 104 cm³/mol. The monoisotopic (exact) mass is 422 g/mol. The normalized spacial score (nSPS) is 11.2. The molecule has 0 bridgehead atoms. The van der Waals surface area contributed by atoms with E-state index in [2.05, 4.69) is 54.1 Å². The van der Waals surface area contributed by atoms with Gasteiger partial charge in [-0.25, -0.2) is 0 Å². The SMILES string of the molecule is CCNC(=NCCCCCOC)N(C)Cc1cccn1C.I. The van der Waals surface area contributed by atoms with Gasteiger partial charge in [0.15, 0.2) is 5.96 Å². The number of nitrogens with one attached hydrogen (secondary N) is 1. The average Bonchev–Trinajstić information content (AvgIpc) is 2.86. The van der Waals surface area contributed by atoms with Gasteiger partial charge in [0.25, 0.3) is 0 Å². The lowest BCUT2D eigenvalue weighted by atomic mass is 10.2. The van der Waals surface area contributed by atoms with Gasteiger partial charge in [-0.1, -0.05) is 0 Å². The zero-order valence-electron chi connectivity index (χ0n) is 14.3. The molecular formula is C16H31IN4O. The van der Waals surface area contributed by atoms with Gasteiger partial charge in [-0.2, -0.15) is 0 Å². The van der Waals surface area contributed by atoms with Crippen LogP contribution < -0.4 is 5.32 Å². The maximum absolute atomic E-state index is 5.06. The third kappa shape index (κ3) is 8.03. The summed E-state index contributed by atoms with van der Waals surface area (Å²) in [5.41, 5.74) is 1.28. The number of aryl methyl sites for hydroxylation is 1. The van der Waals surface area contributed by atoms with Crippen LogP contribution >= 0.6 is 24.0 Å². The summed E-state index contributed by atoms with van der Waals surface area (Å²) in [5.74, 6) is 0.977. The average molecular weight is 422 g/mol. The molecule has 0 radical (unpaired) electrons. The van der Waals surface area contributed by atoms with E-state index < -0.39 is 0 Å². The zero-order valence-corrected chi connectivity index (χ0v) is 16.7. The van der Waals surface area contributed by atoms with Crippen LogP contribution in [0.15, 0.2) is 23.3 Å². The van der Waals surface area contributed by atoms with Gasteiger partial charge in [0.1, 0.15) is 0 Å². The highest BCUT2D eigenvalue weighted by Gasteiger charge is 2.07. The Balaban J connectivity index is 0.00000441. The summed E-state index contributed by atoms with van der Waals surface area (Å²) in [5, 5.41) is 3.36.